The Bertz CT molecular complexity index is 1550. The number of hydrogen-bond donors (Lipinski definition) is 1. The average Bonchev–Trinajstić information content (AvgIpc) is 3.54. The molecule has 0 spiro atoms. The van der Waals surface area contributed by atoms with Crippen LogP contribution in [0.4, 0.5) is 0 Å². The topological polar surface area (TPSA) is 127 Å². The Labute approximate surface area is 205 Å². The number of benzene rings is 2. The number of nitrogens with zero attached hydrogens (tertiary/aromatic N) is 2. The number of methoxy groups -OCH3 is 1. The van der Waals surface area contributed by atoms with Crippen molar-refractivity contribution in [1.82, 2.24) is 4.57 Å². The van der Waals surface area contributed by atoms with Crippen molar-refractivity contribution in [2.75, 3.05) is 20.7 Å². The number of ether oxygens (including phenoxy) is 6. The number of nitrogens with two attached hydrogens (primary N) is 1. The monoisotopic (exact) mass is 487 g/mol. The molecule has 1 atom stereocenters. The fourth-order valence-corrected chi connectivity index (χ4v) is 4.75. The van der Waals surface area contributed by atoms with Gasteiger partial charge in [-0.05, 0) is 42.3 Å². The Hall–Kier alpha value is -4.78. The smallest absolute Gasteiger partial charge is 0.259 e. The van der Waals surface area contributed by atoms with Gasteiger partial charge in [-0.2, -0.15) is 5.26 Å². The van der Waals surface area contributed by atoms with Gasteiger partial charge in [0.2, 0.25) is 25.2 Å². The van der Waals surface area contributed by atoms with Gasteiger partial charge in [0.05, 0.1) is 25.1 Å². The number of rotatable bonds is 4. The molecule has 2 aromatic carbocycles. The first-order chi connectivity index (χ1) is 17.5. The van der Waals surface area contributed by atoms with Crippen LogP contribution in [-0.4, -0.2) is 25.3 Å². The largest absolute Gasteiger partial charge is 0.493 e. The van der Waals surface area contributed by atoms with Crippen LogP contribution >= 0.6 is 0 Å². The van der Waals surface area contributed by atoms with E-state index in [0.29, 0.717) is 51.3 Å². The molecule has 4 heterocycles. The van der Waals surface area contributed by atoms with E-state index in [2.05, 4.69) is 6.07 Å². The van der Waals surface area contributed by atoms with Crippen molar-refractivity contribution in [2.45, 2.75) is 19.4 Å². The summed E-state index contributed by atoms with van der Waals surface area (Å²) in [5, 5.41) is 9.99. The van der Waals surface area contributed by atoms with Crippen molar-refractivity contribution in [3.63, 3.8) is 0 Å². The summed E-state index contributed by atoms with van der Waals surface area (Å²) in [4.78, 5) is 14.0. The maximum absolute atomic E-state index is 14.0. The molecule has 36 heavy (non-hydrogen) atoms. The van der Waals surface area contributed by atoms with Gasteiger partial charge in [0.15, 0.2) is 23.0 Å². The molecule has 0 bridgehead atoms. The number of hydrogen-bond acceptors (Lipinski definition) is 9. The molecule has 3 aliphatic rings. The third-order valence-corrected chi connectivity index (χ3v) is 6.48. The molecule has 6 rings (SSSR count). The van der Waals surface area contributed by atoms with Crippen LogP contribution in [0.2, 0.25) is 0 Å². The highest BCUT2D eigenvalue weighted by Gasteiger charge is 2.36. The van der Waals surface area contributed by atoms with Gasteiger partial charge in [0, 0.05) is 11.8 Å². The Morgan fingerprint density at radius 1 is 1.06 bits per heavy atom. The normalized spacial score (nSPS) is 16.9. The maximum atomic E-state index is 14.0. The van der Waals surface area contributed by atoms with Gasteiger partial charge in [-0.15, -0.1) is 0 Å². The molecule has 0 saturated heterocycles. The van der Waals surface area contributed by atoms with Crippen LogP contribution in [0, 0.1) is 18.3 Å². The van der Waals surface area contributed by atoms with E-state index in [0.717, 1.165) is 5.56 Å². The van der Waals surface area contributed by atoms with Crippen LogP contribution in [0.25, 0.3) is 0 Å². The van der Waals surface area contributed by atoms with E-state index in [4.69, 9.17) is 34.2 Å². The van der Waals surface area contributed by atoms with Crippen LogP contribution in [0.5, 0.6) is 34.5 Å². The van der Waals surface area contributed by atoms with E-state index >= 15 is 0 Å². The molecule has 0 amide bonds. The van der Waals surface area contributed by atoms with E-state index in [1.54, 1.807) is 22.8 Å². The second kappa shape index (κ2) is 8.16. The van der Waals surface area contributed by atoms with Crippen LogP contribution < -0.4 is 39.7 Å². The van der Waals surface area contributed by atoms with E-state index < -0.39 is 5.92 Å². The molecule has 0 aliphatic carbocycles. The number of nitriles is 1. The lowest BCUT2D eigenvalue weighted by molar-refractivity contribution is 0.171. The van der Waals surface area contributed by atoms with Crippen LogP contribution in [0.1, 0.15) is 28.3 Å². The minimum Gasteiger partial charge on any atom is -0.493 e. The molecule has 0 saturated carbocycles. The van der Waals surface area contributed by atoms with Gasteiger partial charge < -0.3 is 38.7 Å². The van der Waals surface area contributed by atoms with Crippen molar-refractivity contribution in [1.29, 1.82) is 5.26 Å². The number of aryl methyl sites for hydroxylation is 1. The first-order valence-corrected chi connectivity index (χ1v) is 11.2. The SMILES string of the molecule is COc1cc([C@H]2C(C#N)=C(N)Oc3cc(C)n(Cc4ccc5c(c4)OCO5)c(=O)c32)cc2c1OCO2. The van der Waals surface area contributed by atoms with Gasteiger partial charge in [-0.25, -0.2) is 0 Å². The van der Waals surface area contributed by atoms with E-state index in [1.165, 1.54) is 7.11 Å². The lowest BCUT2D eigenvalue weighted by Gasteiger charge is -2.27. The Kier molecular flexibility index (Phi) is 4.93. The summed E-state index contributed by atoms with van der Waals surface area (Å²) >= 11 is 0. The summed E-state index contributed by atoms with van der Waals surface area (Å²) in [5.41, 5.74) is 8.39. The Morgan fingerprint density at radius 3 is 2.64 bits per heavy atom. The molecule has 3 aliphatic heterocycles. The minimum absolute atomic E-state index is 0.0458. The van der Waals surface area contributed by atoms with Gasteiger partial charge in [0.1, 0.15) is 17.4 Å². The van der Waals surface area contributed by atoms with Crippen molar-refractivity contribution in [3.05, 3.63) is 80.6 Å². The highest BCUT2D eigenvalue weighted by molar-refractivity contribution is 5.61. The van der Waals surface area contributed by atoms with Crippen LogP contribution in [0.15, 0.2) is 52.6 Å². The number of allylic oxidation sites excluding steroid dienone is 1. The third-order valence-electron chi connectivity index (χ3n) is 6.48. The van der Waals surface area contributed by atoms with Crippen LogP contribution in [-0.2, 0) is 6.54 Å². The molecule has 0 radical (unpaired) electrons. The van der Waals surface area contributed by atoms with Gasteiger partial charge >= 0.3 is 0 Å². The summed E-state index contributed by atoms with van der Waals surface area (Å²) in [6, 6.07) is 12.9. The highest BCUT2D eigenvalue weighted by atomic mass is 16.7. The standard InChI is InChI=1S/C26H21N3O7/c1-13-5-19-23(26(30)29(13)10-14-3-4-17-18(6-14)33-11-32-17)22(16(9-27)25(28)36-19)15-7-20(31-2)24-21(8-15)34-12-35-24/h3-8,22H,10-12,28H2,1-2H3/t22-/m0/s1. The molecule has 182 valence electrons. The maximum Gasteiger partial charge on any atom is 0.259 e. The quantitative estimate of drug-likeness (QED) is 0.591. The molecular weight excluding hydrogens is 466 g/mol. The van der Waals surface area contributed by atoms with E-state index in [-0.39, 0.29) is 37.1 Å². The summed E-state index contributed by atoms with van der Waals surface area (Å²) < 4.78 is 34.8. The zero-order valence-electron chi connectivity index (χ0n) is 19.5. The predicted molar refractivity (Wildman–Crippen MR) is 126 cm³/mol. The lowest BCUT2D eigenvalue weighted by Crippen LogP contribution is -2.33. The fourth-order valence-electron chi connectivity index (χ4n) is 4.75. The first-order valence-electron chi connectivity index (χ1n) is 11.2. The summed E-state index contributed by atoms with van der Waals surface area (Å²) in [6.07, 6.45) is 0. The average molecular weight is 487 g/mol. The summed E-state index contributed by atoms with van der Waals surface area (Å²) in [7, 11) is 1.51. The number of pyridine rings is 1. The second-order valence-electron chi connectivity index (χ2n) is 8.52. The molecular formula is C26H21N3O7. The Balaban J connectivity index is 1.51. The van der Waals surface area contributed by atoms with Gasteiger partial charge in [0.25, 0.3) is 5.56 Å². The van der Waals surface area contributed by atoms with Gasteiger partial charge in [-0.3, -0.25) is 4.79 Å². The highest BCUT2D eigenvalue weighted by Crippen LogP contribution is 2.47. The summed E-state index contributed by atoms with van der Waals surface area (Å²) in [5.74, 6) is 2.10. The molecule has 10 heteroatoms. The lowest BCUT2D eigenvalue weighted by atomic mass is 9.83. The zero-order chi connectivity index (χ0) is 25.0. The summed E-state index contributed by atoms with van der Waals surface area (Å²) in [6.45, 7) is 2.31. The van der Waals surface area contributed by atoms with Crippen molar-refractivity contribution >= 4 is 0 Å². The molecule has 2 N–H and O–H groups in total. The molecule has 3 aromatic rings. The number of aromatic nitrogens is 1. The molecule has 1 aromatic heterocycles. The second-order valence-corrected chi connectivity index (χ2v) is 8.52. The zero-order valence-corrected chi connectivity index (χ0v) is 19.5. The van der Waals surface area contributed by atoms with Gasteiger partial charge in [-0.1, -0.05) is 6.07 Å². The first kappa shape index (κ1) is 21.7. The molecule has 0 unspecified atom stereocenters. The minimum atomic E-state index is -0.793. The fraction of sp³-hybridized carbons (Fsp3) is 0.231. The predicted octanol–water partition coefficient (Wildman–Crippen LogP) is 2.89. The number of fused-ring (bicyclic) bond motifs is 3. The van der Waals surface area contributed by atoms with E-state index in [1.807, 2.05) is 25.1 Å². The molecule has 10 nitrogen and oxygen atoms in total. The molecule has 0 fully saturated rings. The van der Waals surface area contributed by atoms with Crippen molar-refractivity contribution in [2.24, 2.45) is 5.73 Å². The van der Waals surface area contributed by atoms with E-state index in [9.17, 15) is 10.1 Å². The van der Waals surface area contributed by atoms with Crippen LogP contribution in [0.3, 0.4) is 0 Å². The van der Waals surface area contributed by atoms with Crippen molar-refractivity contribution < 1.29 is 28.4 Å². The Morgan fingerprint density at radius 2 is 1.83 bits per heavy atom. The third kappa shape index (κ3) is 3.28. The van der Waals surface area contributed by atoms with Crippen molar-refractivity contribution in [3.8, 4) is 40.6 Å².